The van der Waals surface area contributed by atoms with Crippen LogP contribution in [0.2, 0.25) is 0 Å². The average Bonchev–Trinajstić information content (AvgIpc) is 3.53. The van der Waals surface area contributed by atoms with Gasteiger partial charge in [0.2, 0.25) is 4.96 Å². The number of fused-ring (bicyclic) bond motifs is 2. The number of carbonyl (C=O) groups excluding carboxylic acids is 3. The molecule has 1 saturated heterocycles. The van der Waals surface area contributed by atoms with Gasteiger partial charge in [0.15, 0.2) is 21.0 Å². The van der Waals surface area contributed by atoms with Gasteiger partial charge in [0.05, 0.1) is 11.7 Å². The van der Waals surface area contributed by atoms with E-state index in [4.69, 9.17) is 5.73 Å². The second-order valence-electron chi connectivity index (χ2n) is 7.22. The summed E-state index contributed by atoms with van der Waals surface area (Å²) in [6.07, 6.45) is 0. The van der Waals surface area contributed by atoms with Crippen molar-refractivity contribution in [2.75, 3.05) is 17.2 Å². The SMILES string of the molecule is Cc1nnc2sc(SCC3=C(C(=O)[O-])N4C(=O)[C@@H](NC(=O)/C(=N\O)c5csc(N)n5)[C@H]4SC3)nn12.[Na+]. The first kappa shape index (κ1) is 26.8. The average molecular weight is 576 g/mol. The van der Waals surface area contributed by atoms with Gasteiger partial charge in [-0.3, -0.25) is 14.5 Å². The van der Waals surface area contributed by atoms with Crippen LogP contribution in [-0.2, 0) is 14.4 Å². The number of hydrogen-bond acceptors (Lipinski definition) is 15. The maximum atomic E-state index is 12.8. The molecule has 0 aromatic carbocycles. The van der Waals surface area contributed by atoms with Gasteiger partial charge >= 0.3 is 29.6 Å². The van der Waals surface area contributed by atoms with Crippen LogP contribution in [0.5, 0.6) is 0 Å². The molecule has 14 nitrogen and oxygen atoms in total. The van der Waals surface area contributed by atoms with E-state index in [9.17, 15) is 24.7 Å². The Morgan fingerprint density at radius 1 is 1.42 bits per heavy atom. The first-order valence-corrected chi connectivity index (χ1v) is 13.5. The number of rotatable bonds is 7. The van der Waals surface area contributed by atoms with Gasteiger partial charge in [0.25, 0.3) is 11.8 Å². The largest absolute Gasteiger partial charge is 1.00 e. The van der Waals surface area contributed by atoms with Crippen molar-refractivity contribution in [2.24, 2.45) is 5.16 Å². The smallest absolute Gasteiger partial charge is 0.543 e. The molecular weight excluding hydrogens is 562 g/mol. The number of anilines is 1. The molecule has 0 bridgehead atoms. The summed E-state index contributed by atoms with van der Waals surface area (Å²) in [7, 11) is 0. The summed E-state index contributed by atoms with van der Waals surface area (Å²) in [6, 6.07) is -1.01. The van der Waals surface area contributed by atoms with Crippen LogP contribution < -0.4 is 45.7 Å². The second-order valence-corrected chi connectivity index (χ2v) is 11.4. The summed E-state index contributed by atoms with van der Waals surface area (Å²) < 4.78 is 2.27. The fraction of sp³-hybridized carbons (Fsp3) is 0.294. The Balaban J connectivity index is 0.00000304. The van der Waals surface area contributed by atoms with Gasteiger partial charge in [0, 0.05) is 16.9 Å². The molecule has 3 aromatic rings. The van der Waals surface area contributed by atoms with E-state index in [2.05, 4.69) is 30.8 Å². The molecule has 1 fully saturated rings. The third-order valence-electron chi connectivity index (χ3n) is 5.10. The number of oxime groups is 1. The minimum atomic E-state index is -1.48. The van der Waals surface area contributed by atoms with Gasteiger partial charge in [-0.05, 0) is 12.5 Å². The van der Waals surface area contributed by atoms with E-state index in [0.29, 0.717) is 26.5 Å². The molecule has 0 spiro atoms. The minimum absolute atomic E-state index is 0. The van der Waals surface area contributed by atoms with Crippen molar-refractivity contribution in [3.05, 3.63) is 28.2 Å². The van der Waals surface area contributed by atoms with Crippen molar-refractivity contribution in [3.63, 3.8) is 0 Å². The van der Waals surface area contributed by atoms with Crippen molar-refractivity contribution in [1.82, 2.24) is 35.0 Å². The van der Waals surface area contributed by atoms with Crippen LogP contribution in [0.15, 0.2) is 26.1 Å². The second kappa shape index (κ2) is 10.6. The van der Waals surface area contributed by atoms with Gasteiger partial charge in [-0.15, -0.1) is 38.4 Å². The van der Waals surface area contributed by atoms with E-state index < -0.39 is 34.9 Å². The van der Waals surface area contributed by atoms with Crippen LogP contribution in [0, 0.1) is 6.92 Å². The fourth-order valence-electron chi connectivity index (χ4n) is 3.51. The molecule has 2 aliphatic rings. The Kier molecular flexibility index (Phi) is 7.93. The van der Waals surface area contributed by atoms with E-state index >= 15 is 0 Å². The number of carbonyl (C=O) groups is 3. The number of β-lactam (4-membered cyclic amide) rings is 1. The van der Waals surface area contributed by atoms with Crippen molar-refractivity contribution in [3.8, 4) is 0 Å². The molecule has 0 aliphatic carbocycles. The summed E-state index contributed by atoms with van der Waals surface area (Å²) in [5.41, 5.74) is 5.51. The normalized spacial score (nSPS) is 19.6. The maximum Gasteiger partial charge on any atom is 1.00 e. The number of aliphatic carboxylic acids is 1. The molecule has 182 valence electrons. The topological polar surface area (TPSA) is 204 Å². The van der Waals surface area contributed by atoms with Gasteiger partial charge in [-0.1, -0.05) is 28.3 Å². The standard InChI is InChI=1S/C17H15N9O5S4.Na/c1-5-21-22-16-26(5)23-17(35-16)34-3-6-2-32-13-9(12(28)25(13)10(6)14(29)30)20-11(27)8(24-31)7-4-33-15(18)19-7;/h4,9,13,31H,2-3H2,1H3,(H2,18,19)(H,20,27)(H,29,30);/q;+1/p-1/b24-8-;/t9-,13-;/m1./s1. The number of nitrogen functional groups attached to an aromatic ring is 1. The van der Waals surface area contributed by atoms with E-state index in [1.54, 1.807) is 11.4 Å². The Hall–Kier alpha value is -2.22. The fourth-order valence-corrected chi connectivity index (χ4v) is 7.46. The summed E-state index contributed by atoms with van der Waals surface area (Å²) in [6.45, 7) is 1.77. The van der Waals surface area contributed by atoms with Crippen LogP contribution in [0.4, 0.5) is 5.13 Å². The molecular formula is C17H14N9NaO5S4. The molecule has 2 amide bonds. The zero-order valence-corrected chi connectivity index (χ0v) is 23.8. The van der Waals surface area contributed by atoms with Gasteiger partial charge in [-0.25, -0.2) is 4.98 Å². The zero-order chi connectivity index (χ0) is 24.9. The van der Waals surface area contributed by atoms with E-state index in [1.165, 1.54) is 40.2 Å². The number of amides is 2. The minimum Gasteiger partial charge on any atom is -0.543 e. The van der Waals surface area contributed by atoms with E-state index in [-0.39, 0.29) is 51.8 Å². The first-order valence-electron chi connectivity index (χ1n) is 9.72. The van der Waals surface area contributed by atoms with Crippen LogP contribution in [0.1, 0.15) is 11.5 Å². The molecule has 0 radical (unpaired) electrons. The molecule has 3 aromatic heterocycles. The first-order chi connectivity index (χ1) is 16.8. The zero-order valence-electron chi connectivity index (χ0n) is 18.6. The number of nitrogens with zero attached hydrogens (tertiary/aromatic N) is 7. The molecule has 0 saturated carbocycles. The Labute approximate surface area is 240 Å². The van der Waals surface area contributed by atoms with Crippen LogP contribution in [-0.4, -0.2) is 81.3 Å². The molecule has 0 unspecified atom stereocenters. The summed E-state index contributed by atoms with van der Waals surface area (Å²) in [4.78, 5) is 43.0. The third kappa shape index (κ3) is 4.73. The monoisotopic (exact) mass is 575 g/mol. The summed E-state index contributed by atoms with van der Waals surface area (Å²) in [5, 5.41) is 40.0. The number of thiazole rings is 1. The van der Waals surface area contributed by atoms with Crippen LogP contribution >= 0.6 is 46.2 Å². The van der Waals surface area contributed by atoms with Crippen molar-refractivity contribution in [1.29, 1.82) is 0 Å². The number of carboxylic acid groups (broad SMARTS) is 1. The Morgan fingerprint density at radius 3 is 2.83 bits per heavy atom. The predicted molar refractivity (Wildman–Crippen MR) is 126 cm³/mol. The molecule has 2 aliphatic heterocycles. The van der Waals surface area contributed by atoms with E-state index in [1.807, 2.05) is 0 Å². The molecule has 5 heterocycles. The van der Waals surface area contributed by atoms with Crippen LogP contribution in [0.25, 0.3) is 4.96 Å². The van der Waals surface area contributed by atoms with Crippen molar-refractivity contribution >= 4 is 79.8 Å². The number of carboxylic acids is 1. The molecule has 4 N–H and O–H groups in total. The van der Waals surface area contributed by atoms with Crippen molar-refractivity contribution < 1.29 is 54.3 Å². The maximum absolute atomic E-state index is 12.8. The number of aromatic nitrogens is 5. The van der Waals surface area contributed by atoms with Gasteiger partial charge < -0.3 is 26.2 Å². The molecule has 5 rings (SSSR count). The Morgan fingerprint density at radius 2 is 2.19 bits per heavy atom. The third-order valence-corrected chi connectivity index (χ3v) is 9.24. The predicted octanol–water partition coefficient (Wildman–Crippen LogP) is -4.09. The number of thioether (sulfide) groups is 2. The van der Waals surface area contributed by atoms with Gasteiger partial charge in [0.1, 0.15) is 17.1 Å². The van der Waals surface area contributed by atoms with Crippen LogP contribution in [0.3, 0.4) is 0 Å². The molecule has 36 heavy (non-hydrogen) atoms. The van der Waals surface area contributed by atoms with Crippen molar-refractivity contribution in [2.45, 2.75) is 22.7 Å². The number of aryl methyl sites for hydroxylation is 1. The quantitative estimate of drug-likeness (QED) is 0.0614. The molecule has 19 heteroatoms. The van der Waals surface area contributed by atoms with Gasteiger partial charge in [-0.2, -0.15) is 4.52 Å². The van der Waals surface area contributed by atoms with E-state index in [0.717, 1.165) is 16.2 Å². The Bertz CT molecular complexity index is 1430. The number of nitrogens with two attached hydrogens (primary N) is 1. The summed E-state index contributed by atoms with van der Waals surface area (Å²) in [5.74, 6) is -1.70. The molecule has 2 atom stereocenters. The number of hydrogen-bond donors (Lipinski definition) is 3. The summed E-state index contributed by atoms with van der Waals surface area (Å²) >= 11 is 5.01. The number of nitrogens with one attached hydrogen (secondary N) is 1.